The molecule has 142 valence electrons. The Morgan fingerprint density at radius 1 is 1.07 bits per heavy atom. The van der Waals surface area contributed by atoms with Crippen molar-refractivity contribution in [2.75, 3.05) is 6.54 Å². The van der Waals surface area contributed by atoms with E-state index in [2.05, 4.69) is 11.2 Å². The zero-order valence-electron chi connectivity index (χ0n) is 15.9. The summed E-state index contributed by atoms with van der Waals surface area (Å²) in [6.45, 7) is 8.48. The summed E-state index contributed by atoms with van der Waals surface area (Å²) in [7, 11) is -3.64. The molecule has 3 aromatic rings. The van der Waals surface area contributed by atoms with Gasteiger partial charge in [0.1, 0.15) is 4.90 Å². The summed E-state index contributed by atoms with van der Waals surface area (Å²) < 4.78 is 34.3. The SMILES string of the molecule is Cc1noc(-c2c(C)sc(C)c2S(=O)(=O)N2CCc3ccccc3C2)c1C. The third-order valence-electron chi connectivity index (χ3n) is 5.28. The van der Waals surface area contributed by atoms with Gasteiger partial charge in [0.15, 0.2) is 5.76 Å². The molecular weight excluding hydrogens is 380 g/mol. The second-order valence-corrected chi connectivity index (χ2v) is 10.3. The van der Waals surface area contributed by atoms with Crippen LogP contribution in [0.1, 0.15) is 32.1 Å². The first kappa shape index (κ1) is 18.4. The Hall–Kier alpha value is -1.96. The summed E-state index contributed by atoms with van der Waals surface area (Å²) in [5.74, 6) is 0.560. The molecule has 0 saturated carbocycles. The summed E-state index contributed by atoms with van der Waals surface area (Å²) in [5.41, 5.74) is 4.63. The van der Waals surface area contributed by atoms with Gasteiger partial charge in [-0.3, -0.25) is 0 Å². The normalized spacial score (nSPS) is 15.1. The van der Waals surface area contributed by atoms with Crippen molar-refractivity contribution in [3.05, 3.63) is 56.4 Å². The Bertz CT molecular complexity index is 1130. The zero-order valence-corrected chi connectivity index (χ0v) is 17.5. The highest BCUT2D eigenvalue weighted by molar-refractivity contribution is 7.89. The summed E-state index contributed by atoms with van der Waals surface area (Å²) in [6.07, 6.45) is 0.730. The number of rotatable bonds is 3. The highest BCUT2D eigenvalue weighted by Crippen LogP contribution is 2.42. The van der Waals surface area contributed by atoms with Crippen molar-refractivity contribution < 1.29 is 12.9 Å². The van der Waals surface area contributed by atoms with E-state index in [4.69, 9.17) is 4.52 Å². The zero-order chi connectivity index (χ0) is 19.3. The molecule has 4 rings (SSSR count). The minimum absolute atomic E-state index is 0.364. The van der Waals surface area contributed by atoms with Gasteiger partial charge in [0.25, 0.3) is 0 Å². The minimum Gasteiger partial charge on any atom is -0.356 e. The Balaban J connectivity index is 1.83. The molecule has 0 atom stereocenters. The van der Waals surface area contributed by atoms with Gasteiger partial charge in [0, 0.05) is 28.4 Å². The molecule has 0 radical (unpaired) electrons. The first-order valence-electron chi connectivity index (χ1n) is 8.91. The maximum atomic E-state index is 13.6. The second kappa shape index (κ2) is 6.58. The Kier molecular flexibility index (Phi) is 4.49. The van der Waals surface area contributed by atoms with E-state index in [1.807, 2.05) is 45.9 Å². The molecule has 0 unspecified atom stereocenters. The quantitative estimate of drug-likeness (QED) is 0.652. The van der Waals surface area contributed by atoms with Crippen LogP contribution in [0.2, 0.25) is 0 Å². The predicted octanol–water partition coefficient (Wildman–Crippen LogP) is 4.38. The van der Waals surface area contributed by atoms with Crippen LogP contribution in [0.3, 0.4) is 0 Å². The third-order valence-corrected chi connectivity index (χ3v) is 8.45. The second-order valence-electron chi connectivity index (χ2n) is 7.00. The lowest BCUT2D eigenvalue weighted by molar-refractivity contribution is 0.390. The van der Waals surface area contributed by atoms with E-state index >= 15 is 0 Å². The Morgan fingerprint density at radius 2 is 1.78 bits per heavy atom. The third kappa shape index (κ3) is 2.94. The maximum absolute atomic E-state index is 13.6. The van der Waals surface area contributed by atoms with E-state index in [0.717, 1.165) is 33.0 Å². The van der Waals surface area contributed by atoms with Gasteiger partial charge in [-0.25, -0.2) is 8.42 Å². The molecule has 2 aromatic heterocycles. The molecule has 1 aromatic carbocycles. The van der Waals surface area contributed by atoms with E-state index < -0.39 is 10.0 Å². The molecule has 0 bridgehead atoms. The molecule has 0 spiro atoms. The van der Waals surface area contributed by atoms with Crippen LogP contribution in [0.25, 0.3) is 11.3 Å². The molecule has 0 saturated heterocycles. The summed E-state index contributed by atoms with van der Waals surface area (Å²) in [5, 5.41) is 4.03. The molecule has 27 heavy (non-hydrogen) atoms. The average molecular weight is 403 g/mol. The molecule has 0 fully saturated rings. The van der Waals surface area contributed by atoms with Crippen molar-refractivity contribution in [2.45, 2.75) is 45.6 Å². The van der Waals surface area contributed by atoms with Crippen molar-refractivity contribution >= 4 is 21.4 Å². The Morgan fingerprint density at radius 3 is 2.44 bits per heavy atom. The van der Waals surface area contributed by atoms with Gasteiger partial charge in [-0.15, -0.1) is 11.3 Å². The van der Waals surface area contributed by atoms with Crippen molar-refractivity contribution in [1.82, 2.24) is 9.46 Å². The largest absolute Gasteiger partial charge is 0.356 e. The highest BCUT2D eigenvalue weighted by atomic mass is 32.2. The molecule has 5 nitrogen and oxygen atoms in total. The van der Waals surface area contributed by atoms with E-state index in [-0.39, 0.29) is 0 Å². The number of fused-ring (bicyclic) bond motifs is 1. The highest BCUT2D eigenvalue weighted by Gasteiger charge is 2.35. The van der Waals surface area contributed by atoms with Crippen LogP contribution < -0.4 is 0 Å². The van der Waals surface area contributed by atoms with Gasteiger partial charge in [-0.1, -0.05) is 29.4 Å². The average Bonchev–Trinajstić information content (AvgIpc) is 3.13. The minimum atomic E-state index is -3.64. The number of sulfonamides is 1. The molecule has 0 N–H and O–H groups in total. The Labute approximate surface area is 163 Å². The number of benzene rings is 1. The van der Waals surface area contributed by atoms with Crippen molar-refractivity contribution in [1.29, 1.82) is 0 Å². The van der Waals surface area contributed by atoms with Crippen LogP contribution in [0.4, 0.5) is 0 Å². The molecule has 0 amide bonds. The summed E-state index contributed by atoms with van der Waals surface area (Å²) >= 11 is 1.49. The molecule has 1 aliphatic heterocycles. The van der Waals surface area contributed by atoms with Crippen molar-refractivity contribution in [3.8, 4) is 11.3 Å². The van der Waals surface area contributed by atoms with Crippen molar-refractivity contribution in [3.63, 3.8) is 0 Å². The first-order chi connectivity index (χ1) is 12.8. The van der Waals surface area contributed by atoms with E-state index in [9.17, 15) is 8.42 Å². The topological polar surface area (TPSA) is 63.4 Å². The lowest BCUT2D eigenvalue weighted by Gasteiger charge is -2.28. The van der Waals surface area contributed by atoms with Crippen LogP contribution in [0.5, 0.6) is 0 Å². The van der Waals surface area contributed by atoms with Crippen LogP contribution in [-0.2, 0) is 23.0 Å². The van der Waals surface area contributed by atoms with Gasteiger partial charge in [0.2, 0.25) is 10.0 Å². The monoisotopic (exact) mass is 402 g/mol. The van der Waals surface area contributed by atoms with Gasteiger partial charge < -0.3 is 4.52 Å². The van der Waals surface area contributed by atoms with E-state index in [1.165, 1.54) is 16.9 Å². The van der Waals surface area contributed by atoms with Gasteiger partial charge >= 0.3 is 0 Å². The smallest absolute Gasteiger partial charge is 0.245 e. The van der Waals surface area contributed by atoms with Crippen LogP contribution in [-0.4, -0.2) is 24.4 Å². The molecular formula is C20H22N2O3S2. The fourth-order valence-electron chi connectivity index (χ4n) is 3.69. The van der Waals surface area contributed by atoms with Crippen molar-refractivity contribution in [2.24, 2.45) is 0 Å². The van der Waals surface area contributed by atoms with E-state index in [1.54, 1.807) is 4.31 Å². The number of aryl methyl sites for hydroxylation is 3. The van der Waals surface area contributed by atoms with Crippen LogP contribution in [0.15, 0.2) is 33.7 Å². The number of aromatic nitrogens is 1. The van der Waals surface area contributed by atoms with E-state index in [0.29, 0.717) is 29.3 Å². The van der Waals surface area contributed by atoms with Gasteiger partial charge in [0.05, 0.1) is 11.3 Å². The maximum Gasteiger partial charge on any atom is 0.245 e. The number of thiophene rings is 1. The number of hydrogen-bond acceptors (Lipinski definition) is 5. The van der Waals surface area contributed by atoms with Gasteiger partial charge in [-0.05, 0) is 45.2 Å². The predicted molar refractivity (Wildman–Crippen MR) is 107 cm³/mol. The van der Waals surface area contributed by atoms with Gasteiger partial charge in [-0.2, -0.15) is 4.31 Å². The molecule has 1 aliphatic rings. The summed E-state index contributed by atoms with van der Waals surface area (Å²) in [6, 6.07) is 8.04. The van der Waals surface area contributed by atoms with Crippen LogP contribution in [0, 0.1) is 27.7 Å². The summed E-state index contributed by atoms with van der Waals surface area (Å²) in [4.78, 5) is 2.08. The van der Waals surface area contributed by atoms with Crippen LogP contribution >= 0.6 is 11.3 Å². The fourth-order valence-corrected chi connectivity index (χ4v) is 6.91. The lowest BCUT2D eigenvalue weighted by Crippen LogP contribution is -2.36. The molecule has 7 heteroatoms. The lowest BCUT2D eigenvalue weighted by atomic mass is 10.0. The fraction of sp³-hybridized carbons (Fsp3) is 0.350. The molecule has 0 aliphatic carbocycles. The number of hydrogen-bond donors (Lipinski definition) is 0. The molecule has 3 heterocycles. The number of nitrogens with zero attached hydrogens (tertiary/aromatic N) is 2. The first-order valence-corrected chi connectivity index (χ1v) is 11.2. The standard InChI is InChI=1S/C20H22N2O3S2/c1-12-13(2)21-25-19(12)18-14(3)26-15(4)20(18)27(23,24)22-10-9-16-7-5-6-8-17(16)11-22/h5-8H,9-11H2,1-4H3.